The number of carbonyl (C=O) groups excluding carboxylic acids is 2. The highest BCUT2D eigenvalue weighted by Crippen LogP contribution is 2.46. The molecule has 0 heterocycles. The first-order chi connectivity index (χ1) is 12.0. The Balaban J connectivity index is 2.50. The normalized spacial score (nSPS) is 25.3. The molecule has 1 aromatic rings. The predicted octanol–water partition coefficient (Wildman–Crippen LogP) is 2.50. The number of alkyl halides is 3. The van der Waals surface area contributed by atoms with Gasteiger partial charge in [-0.3, -0.25) is 9.59 Å². The molecule has 3 N–H and O–H groups in total. The van der Waals surface area contributed by atoms with E-state index in [1.165, 1.54) is 18.2 Å². The van der Waals surface area contributed by atoms with Crippen molar-refractivity contribution in [2.45, 2.75) is 44.0 Å². The van der Waals surface area contributed by atoms with Gasteiger partial charge in [-0.25, -0.2) is 0 Å². The van der Waals surface area contributed by atoms with Crippen molar-refractivity contribution in [3.8, 4) is 0 Å². The molecule has 0 radical (unpaired) electrons. The molecule has 0 aliphatic heterocycles. The van der Waals surface area contributed by atoms with Crippen LogP contribution in [-0.2, 0) is 19.9 Å². The number of hydrogen-bond donors (Lipinski definition) is 2. The predicted molar refractivity (Wildman–Crippen MR) is 88.8 cm³/mol. The summed E-state index contributed by atoms with van der Waals surface area (Å²) in [7, 11) is 0.817. The van der Waals surface area contributed by atoms with Gasteiger partial charge in [-0.1, -0.05) is 44.2 Å². The van der Waals surface area contributed by atoms with E-state index in [1.807, 2.05) is 13.8 Å². The molecular formula is C18H23F3N2O3. The Labute approximate surface area is 150 Å². The average molecular weight is 372 g/mol. The maximum atomic E-state index is 14.0. The van der Waals surface area contributed by atoms with E-state index < -0.39 is 29.1 Å². The monoisotopic (exact) mass is 372 g/mol. The van der Waals surface area contributed by atoms with E-state index in [-0.39, 0.29) is 23.8 Å². The SMILES string of the molecule is CO[C@](C(=O)N[C@@]1(C(N)=O)CC[C@H]1C(C)C)(c1ccccc1)C(F)(F)F. The molecule has 0 spiro atoms. The first kappa shape index (κ1) is 20.2. The Kier molecular flexibility index (Phi) is 5.37. The van der Waals surface area contributed by atoms with Crippen LogP contribution in [0, 0.1) is 11.8 Å². The van der Waals surface area contributed by atoms with E-state index in [0.717, 1.165) is 19.2 Å². The summed E-state index contributed by atoms with van der Waals surface area (Å²) < 4.78 is 46.6. The summed E-state index contributed by atoms with van der Waals surface area (Å²) in [6, 6.07) is 6.62. The van der Waals surface area contributed by atoms with Crippen LogP contribution >= 0.6 is 0 Å². The molecular weight excluding hydrogens is 349 g/mol. The third kappa shape index (κ3) is 2.96. The summed E-state index contributed by atoms with van der Waals surface area (Å²) in [5, 5.41) is 2.30. The topological polar surface area (TPSA) is 81.4 Å². The molecule has 8 heteroatoms. The molecule has 1 saturated carbocycles. The molecule has 5 nitrogen and oxygen atoms in total. The number of nitrogens with two attached hydrogens (primary N) is 1. The number of benzene rings is 1. The largest absolute Gasteiger partial charge is 0.430 e. The van der Waals surface area contributed by atoms with Crippen LogP contribution in [0.5, 0.6) is 0 Å². The van der Waals surface area contributed by atoms with Crippen molar-refractivity contribution in [1.82, 2.24) is 5.32 Å². The summed E-state index contributed by atoms with van der Waals surface area (Å²) in [6.45, 7) is 3.66. The van der Waals surface area contributed by atoms with Crippen LogP contribution in [0.25, 0.3) is 0 Å². The van der Waals surface area contributed by atoms with E-state index >= 15 is 0 Å². The maximum absolute atomic E-state index is 14.0. The van der Waals surface area contributed by atoms with Gasteiger partial charge in [0.25, 0.3) is 11.5 Å². The fraction of sp³-hybridized carbons (Fsp3) is 0.556. The number of hydrogen-bond acceptors (Lipinski definition) is 3. The Morgan fingerprint density at radius 2 is 1.85 bits per heavy atom. The first-order valence-electron chi connectivity index (χ1n) is 8.33. The standard InChI is InChI=1S/C18H23F3N2O3/c1-11(2)13-9-10-16(13,14(22)24)23-15(25)17(26-3,18(19,20)21)12-7-5-4-6-8-12/h4-8,11,13H,9-10H2,1-3H3,(H2,22,24)(H,23,25)/t13-,16-,17-/m0/s1. The van der Waals surface area contributed by atoms with Crippen LogP contribution in [0.2, 0.25) is 0 Å². The number of halogens is 3. The lowest BCUT2D eigenvalue weighted by molar-refractivity contribution is -0.267. The lowest BCUT2D eigenvalue weighted by Crippen LogP contribution is -2.71. The van der Waals surface area contributed by atoms with Crippen LogP contribution in [0.1, 0.15) is 32.3 Å². The molecule has 1 aliphatic carbocycles. The molecule has 2 rings (SSSR count). The smallest absolute Gasteiger partial charge is 0.368 e. The molecule has 1 fully saturated rings. The van der Waals surface area contributed by atoms with E-state index in [9.17, 15) is 22.8 Å². The molecule has 144 valence electrons. The van der Waals surface area contributed by atoms with Gasteiger partial charge < -0.3 is 15.8 Å². The van der Waals surface area contributed by atoms with Crippen molar-refractivity contribution in [1.29, 1.82) is 0 Å². The third-order valence-corrected chi connectivity index (χ3v) is 5.27. The van der Waals surface area contributed by atoms with E-state index in [2.05, 4.69) is 5.32 Å². The molecule has 26 heavy (non-hydrogen) atoms. The van der Waals surface area contributed by atoms with Crippen LogP contribution < -0.4 is 11.1 Å². The van der Waals surface area contributed by atoms with Crippen LogP contribution in [-0.4, -0.2) is 30.6 Å². The van der Waals surface area contributed by atoms with Gasteiger partial charge in [-0.15, -0.1) is 0 Å². The van der Waals surface area contributed by atoms with Gasteiger partial charge in [0.1, 0.15) is 5.54 Å². The lowest BCUT2D eigenvalue weighted by atomic mass is 9.61. The fourth-order valence-electron chi connectivity index (χ4n) is 3.74. The summed E-state index contributed by atoms with van der Waals surface area (Å²) in [4.78, 5) is 24.9. The number of carbonyl (C=O) groups is 2. The van der Waals surface area contributed by atoms with Gasteiger partial charge in [0, 0.05) is 12.7 Å². The highest BCUT2D eigenvalue weighted by atomic mass is 19.4. The second kappa shape index (κ2) is 6.90. The minimum atomic E-state index is -5.04. The third-order valence-electron chi connectivity index (χ3n) is 5.27. The molecule has 1 aliphatic rings. The Hall–Kier alpha value is -2.09. The lowest BCUT2D eigenvalue weighted by Gasteiger charge is -2.50. The fourth-order valence-corrected chi connectivity index (χ4v) is 3.74. The van der Waals surface area contributed by atoms with Gasteiger partial charge in [0.2, 0.25) is 5.91 Å². The Morgan fingerprint density at radius 3 is 2.19 bits per heavy atom. The van der Waals surface area contributed by atoms with Gasteiger partial charge in [0.05, 0.1) is 0 Å². The highest BCUT2D eigenvalue weighted by Gasteiger charge is 2.65. The summed E-state index contributed by atoms with van der Waals surface area (Å²) >= 11 is 0. The zero-order valence-electron chi connectivity index (χ0n) is 14.9. The molecule has 0 bridgehead atoms. The number of primary amides is 1. The Bertz CT molecular complexity index is 678. The second-order valence-electron chi connectivity index (χ2n) is 6.93. The molecule has 0 unspecified atom stereocenters. The zero-order valence-corrected chi connectivity index (χ0v) is 14.9. The molecule has 3 atom stereocenters. The van der Waals surface area contributed by atoms with Crippen LogP contribution in [0.4, 0.5) is 13.2 Å². The van der Waals surface area contributed by atoms with Gasteiger partial charge in [-0.05, 0) is 24.7 Å². The summed E-state index contributed by atoms with van der Waals surface area (Å²) in [5.41, 5.74) is 0.365. The van der Waals surface area contributed by atoms with E-state index in [0.29, 0.717) is 6.42 Å². The maximum Gasteiger partial charge on any atom is 0.430 e. The highest BCUT2D eigenvalue weighted by molar-refractivity contribution is 5.95. The minimum absolute atomic E-state index is 0.0314. The van der Waals surface area contributed by atoms with Gasteiger partial charge in [0.15, 0.2) is 0 Å². The number of ether oxygens (including phenoxy) is 1. The summed E-state index contributed by atoms with van der Waals surface area (Å²) in [5.74, 6) is -2.64. The summed E-state index contributed by atoms with van der Waals surface area (Å²) in [6.07, 6.45) is -4.25. The van der Waals surface area contributed by atoms with E-state index in [4.69, 9.17) is 10.5 Å². The van der Waals surface area contributed by atoms with Gasteiger partial charge in [-0.2, -0.15) is 13.2 Å². The molecule has 1 aromatic carbocycles. The number of nitrogens with one attached hydrogen (secondary N) is 1. The van der Waals surface area contributed by atoms with Crippen molar-refractivity contribution in [3.05, 3.63) is 35.9 Å². The molecule has 2 amide bonds. The molecule has 0 saturated heterocycles. The van der Waals surface area contributed by atoms with Crippen molar-refractivity contribution in [3.63, 3.8) is 0 Å². The molecule has 0 aromatic heterocycles. The Morgan fingerprint density at radius 1 is 1.27 bits per heavy atom. The number of rotatable bonds is 6. The average Bonchev–Trinajstić information content (AvgIpc) is 2.51. The number of methoxy groups -OCH3 is 1. The van der Waals surface area contributed by atoms with E-state index in [1.54, 1.807) is 0 Å². The van der Waals surface area contributed by atoms with Crippen LogP contribution in [0.15, 0.2) is 30.3 Å². The second-order valence-corrected chi connectivity index (χ2v) is 6.93. The zero-order chi connectivity index (χ0) is 19.8. The first-order valence-corrected chi connectivity index (χ1v) is 8.33. The minimum Gasteiger partial charge on any atom is -0.368 e. The quantitative estimate of drug-likeness (QED) is 0.805. The van der Waals surface area contributed by atoms with Gasteiger partial charge >= 0.3 is 6.18 Å². The number of amides is 2. The van der Waals surface area contributed by atoms with Crippen molar-refractivity contribution < 1.29 is 27.5 Å². The van der Waals surface area contributed by atoms with Crippen molar-refractivity contribution in [2.24, 2.45) is 17.6 Å². The van der Waals surface area contributed by atoms with Crippen molar-refractivity contribution >= 4 is 11.8 Å². The van der Waals surface area contributed by atoms with Crippen LogP contribution in [0.3, 0.4) is 0 Å². The van der Waals surface area contributed by atoms with Crippen molar-refractivity contribution in [2.75, 3.05) is 7.11 Å².